The van der Waals surface area contributed by atoms with Gasteiger partial charge in [0.1, 0.15) is 0 Å². The van der Waals surface area contributed by atoms with Crippen LogP contribution >= 0.6 is 0 Å². The molecule has 0 unspecified atom stereocenters. The lowest BCUT2D eigenvalue weighted by Crippen LogP contribution is -2.39. The zero-order valence-corrected chi connectivity index (χ0v) is 18.1. The zero-order valence-electron chi connectivity index (χ0n) is 17.3. The summed E-state index contributed by atoms with van der Waals surface area (Å²) < 4.78 is 28.1. The fourth-order valence-electron chi connectivity index (χ4n) is 5.01. The van der Waals surface area contributed by atoms with E-state index in [1.54, 1.807) is 4.31 Å². The second-order valence-electron chi connectivity index (χ2n) is 8.70. The van der Waals surface area contributed by atoms with Crippen LogP contribution in [0.1, 0.15) is 61.6 Å². The summed E-state index contributed by atoms with van der Waals surface area (Å²) in [4.78, 5) is 0.525. The maximum Gasteiger partial charge on any atom is 0.243 e. The van der Waals surface area contributed by atoms with Crippen molar-refractivity contribution in [2.24, 2.45) is 11.8 Å². The minimum atomic E-state index is -3.37. The van der Waals surface area contributed by atoms with Gasteiger partial charge in [0.05, 0.1) is 4.90 Å². The smallest absolute Gasteiger partial charge is 0.243 e. The molecule has 0 bridgehead atoms. The molecule has 1 aromatic rings. The van der Waals surface area contributed by atoms with E-state index in [1.165, 1.54) is 45.2 Å². The van der Waals surface area contributed by atoms with Gasteiger partial charge in [0.25, 0.3) is 0 Å². The minimum absolute atomic E-state index is 0.525. The number of sulfonamides is 1. The van der Waals surface area contributed by atoms with Gasteiger partial charge in [0.2, 0.25) is 10.0 Å². The van der Waals surface area contributed by atoms with Crippen molar-refractivity contribution in [3.05, 3.63) is 28.8 Å². The molecule has 152 valence electrons. The normalized spacial score (nSPS) is 20.9. The molecule has 0 saturated carbocycles. The van der Waals surface area contributed by atoms with E-state index in [9.17, 15) is 8.42 Å². The van der Waals surface area contributed by atoms with Gasteiger partial charge in [0.15, 0.2) is 0 Å². The van der Waals surface area contributed by atoms with Crippen molar-refractivity contribution in [2.45, 2.75) is 70.6 Å². The number of aryl methyl sites for hydroxylation is 3. The Bertz CT molecular complexity index is 708. The number of hydrogen-bond donors (Lipinski definition) is 1. The number of nitrogens with zero attached hydrogens (tertiary/aromatic N) is 1. The van der Waals surface area contributed by atoms with Gasteiger partial charge in [-0.05, 0) is 82.5 Å². The minimum Gasteiger partial charge on any atom is -0.317 e. The van der Waals surface area contributed by atoms with Crippen molar-refractivity contribution in [1.29, 1.82) is 0 Å². The maximum absolute atomic E-state index is 13.2. The molecule has 27 heavy (non-hydrogen) atoms. The zero-order chi connectivity index (χ0) is 19.4. The van der Waals surface area contributed by atoms with Crippen molar-refractivity contribution in [1.82, 2.24) is 9.62 Å². The fraction of sp³-hybridized carbons (Fsp3) is 0.727. The monoisotopic (exact) mass is 392 g/mol. The maximum atomic E-state index is 13.2. The summed E-state index contributed by atoms with van der Waals surface area (Å²) in [7, 11) is -3.37. The van der Waals surface area contributed by atoms with E-state index >= 15 is 0 Å². The topological polar surface area (TPSA) is 49.4 Å². The van der Waals surface area contributed by atoms with Crippen LogP contribution in [-0.2, 0) is 10.0 Å². The number of benzene rings is 1. The third-order valence-corrected chi connectivity index (χ3v) is 8.66. The third kappa shape index (κ3) is 5.12. The first-order valence-corrected chi connectivity index (χ1v) is 12.1. The molecule has 0 aromatic heterocycles. The van der Waals surface area contributed by atoms with Gasteiger partial charge >= 0.3 is 0 Å². The van der Waals surface area contributed by atoms with Gasteiger partial charge in [-0.3, -0.25) is 0 Å². The summed E-state index contributed by atoms with van der Waals surface area (Å²) in [6.45, 7) is 9.56. The van der Waals surface area contributed by atoms with Gasteiger partial charge in [-0.15, -0.1) is 0 Å². The van der Waals surface area contributed by atoms with Crippen molar-refractivity contribution < 1.29 is 8.42 Å². The molecule has 2 saturated heterocycles. The van der Waals surface area contributed by atoms with E-state index in [-0.39, 0.29) is 0 Å². The number of hydrogen-bond acceptors (Lipinski definition) is 3. The molecular formula is C22H36N2O2S. The molecule has 0 spiro atoms. The van der Waals surface area contributed by atoms with Gasteiger partial charge in [-0.2, -0.15) is 4.31 Å². The van der Waals surface area contributed by atoms with Crippen molar-refractivity contribution in [3.8, 4) is 0 Å². The van der Waals surface area contributed by atoms with Crippen LogP contribution in [0.15, 0.2) is 17.0 Å². The summed E-state index contributed by atoms with van der Waals surface area (Å²) in [5, 5.41) is 3.44. The van der Waals surface area contributed by atoms with Crippen molar-refractivity contribution in [3.63, 3.8) is 0 Å². The highest BCUT2D eigenvalue weighted by atomic mass is 32.2. The van der Waals surface area contributed by atoms with Crippen LogP contribution in [-0.4, -0.2) is 38.9 Å². The summed E-state index contributed by atoms with van der Waals surface area (Å²) in [6.07, 6.45) is 8.59. The van der Waals surface area contributed by atoms with Crippen LogP contribution in [0, 0.1) is 32.6 Å². The van der Waals surface area contributed by atoms with Crippen molar-refractivity contribution >= 4 is 10.0 Å². The van der Waals surface area contributed by atoms with E-state index in [0.29, 0.717) is 23.9 Å². The molecule has 2 aliphatic heterocycles. The Hall–Kier alpha value is -0.910. The quantitative estimate of drug-likeness (QED) is 0.790. The van der Waals surface area contributed by atoms with Gasteiger partial charge in [0, 0.05) is 13.1 Å². The Kier molecular flexibility index (Phi) is 6.98. The molecule has 0 atom stereocenters. The molecular weight excluding hydrogens is 356 g/mol. The lowest BCUT2D eigenvalue weighted by molar-refractivity contribution is 0.250. The molecule has 0 radical (unpaired) electrons. The Morgan fingerprint density at radius 1 is 0.926 bits per heavy atom. The largest absolute Gasteiger partial charge is 0.317 e. The van der Waals surface area contributed by atoms with Crippen LogP contribution in [0.3, 0.4) is 0 Å². The van der Waals surface area contributed by atoms with E-state index in [2.05, 4.69) is 5.32 Å². The molecule has 2 fully saturated rings. The van der Waals surface area contributed by atoms with Gasteiger partial charge in [-0.1, -0.05) is 37.0 Å². The number of nitrogens with one attached hydrogen (secondary N) is 1. The van der Waals surface area contributed by atoms with Gasteiger partial charge in [-0.25, -0.2) is 8.42 Å². The lowest BCUT2D eigenvalue weighted by Gasteiger charge is -2.32. The first kappa shape index (κ1) is 20.8. The summed E-state index contributed by atoms with van der Waals surface area (Å²) in [5.74, 6) is 1.59. The van der Waals surface area contributed by atoms with E-state index in [1.807, 2.05) is 32.9 Å². The Morgan fingerprint density at radius 2 is 1.44 bits per heavy atom. The van der Waals surface area contributed by atoms with Crippen LogP contribution in [0.5, 0.6) is 0 Å². The van der Waals surface area contributed by atoms with Crippen molar-refractivity contribution in [2.75, 3.05) is 26.2 Å². The average molecular weight is 393 g/mol. The van der Waals surface area contributed by atoms with Crippen LogP contribution < -0.4 is 5.32 Å². The molecule has 1 aromatic carbocycles. The summed E-state index contributed by atoms with van der Waals surface area (Å²) in [5.41, 5.74) is 2.87. The fourth-order valence-corrected chi connectivity index (χ4v) is 6.89. The first-order valence-electron chi connectivity index (χ1n) is 10.7. The highest BCUT2D eigenvalue weighted by Gasteiger charge is 2.31. The van der Waals surface area contributed by atoms with E-state index in [4.69, 9.17) is 0 Å². The summed E-state index contributed by atoms with van der Waals surface area (Å²) >= 11 is 0. The second kappa shape index (κ2) is 9.06. The molecule has 2 heterocycles. The molecule has 5 heteroatoms. The standard InChI is InChI=1S/C22H36N2O2S/c1-17-15-18(2)22(19(3)16-17)27(25,26)24-13-9-21(10-14-24)6-4-5-20-7-11-23-12-8-20/h15-16,20-21,23H,4-14H2,1-3H3. The molecule has 2 aliphatic rings. The molecule has 1 N–H and O–H groups in total. The molecule has 0 aliphatic carbocycles. The predicted octanol–water partition coefficient (Wildman–Crippen LogP) is 4.18. The first-order chi connectivity index (χ1) is 12.9. The summed E-state index contributed by atoms with van der Waals surface area (Å²) in [6, 6.07) is 3.96. The molecule has 4 nitrogen and oxygen atoms in total. The molecule has 0 amide bonds. The van der Waals surface area contributed by atoms with Crippen LogP contribution in [0.4, 0.5) is 0 Å². The van der Waals surface area contributed by atoms with E-state index in [0.717, 1.165) is 35.4 Å². The van der Waals surface area contributed by atoms with Crippen LogP contribution in [0.25, 0.3) is 0 Å². The number of rotatable bonds is 6. The molecule has 3 rings (SSSR count). The second-order valence-corrected chi connectivity index (χ2v) is 10.6. The highest BCUT2D eigenvalue weighted by Crippen LogP contribution is 2.31. The Balaban J connectivity index is 1.52. The lowest BCUT2D eigenvalue weighted by atomic mass is 9.87. The number of piperidine rings is 2. The average Bonchev–Trinajstić information content (AvgIpc) is 2.62. The predicted molar refractivity (Wildman–Crippen MR) is 112 cm³/mol. The third-order valence-electron chi connectivity index (χ3n) is 6.46. The van der Waals surface area contributed by atoms with Gasteiger partial charge < -0.3 is 5.32 Å². The Labute approximate surface area is 165 Å². The van der Waals surface area contributed by atoms with Crippen LogP contribution in [0.2, 0.25) is 0 Å². The van der Waals surface area contributed by atoms with E-state index < -0.39 is 10.0 Å². The Morgan fingerprint density at radius 3 is 2.00 bits per heavy atom. The highest BCUT2D eigenvalue weighted by molar-refractivity contribution is 7.89. The SMILES string of the molecule is Cc1cc(C)c(S(=O)(=O)N2CCC(CCCC3CCNCC3)CC2)c(C)c1.